The van der Waals surface area contributed by atoms with E-state index in [1.807, 2.05) is 78.9 Å². The van der Waals surface area contributed by atoms with Gasteiger partial charge in [0, 0.05) is 0 Å². The summed E-state index contributed by atoms with van der Waals surface area (Å²) in [6.07, 6.45) is 1.72. The molecule has 3 aromatic rings. The smallest absolute Gasteiger partial charge is 0.323 e. The van der Waals surface area contributed by atoms with E-state index in [4.69, 9.17) is 10.5 Å². The van der Waals surface area contributed by atoms with Crippen LogP contribution in [0.25, 0.3) is 0 Å². The lowest BCUT2D eigenvalue weighted by Gasteiger charge is -2.21. The molecule has 3 heteroatoms. The van der Waals surface area contributed by atoms with Gasteiger partial charge in [-0.05, 0) is 36.0 Å². The van der Waals surface area contributed by atoms with Crippen LogP contribution in [0.5, 0.6) is 0 Å². The van der Waals surface area contributed by atoms with E-state index < -0.39 is 6.04 Å². The van der Waals surface area contributed by atoms with E-state index in [2.05, 4.69) is 12.1 Å². The number of benzene rings is 3. The maximum absolute atomic E-state index is 12.6. The van der Waals surface area contributed by atoms with Crippen molar-refractivity contribution in [3.63, 3.8) is 0 Å². The number of aryl methyl sites for hydroxylation is 1. The van der Waals surface area contributed by atoms with Crippen molar-refractivity contribution in [1.82, 2.24) is 0 Å². The fraction of sp³-hybridized carbons (Fsp3) is 0.208. The van der Waals surface area contributed by atoms with Crippen LogP contribution in [-0.4, -0.2) is 12.0 Å². The molecular formula is C24H25NO2. The third kappa shape index (κ3) is 5.80. The van der Waals surface area contributed by atoms with Gasteiger partial charge in [-0.2, -0.15) is 0 Å². The summed E-state index contributed by atoms with van der Waals surface area (Å²) in [7, 11) is 0. The van der Waals surface area contributed by atoms with Gasteiger partial charge in [-0.1, -0.05) is 91.0 Å². The second-order valence-electron chi connectivity index (χ2n) is 6.66. The summed E-state index contributed by atoms with van der Waals surface area (Å²) in [5, 5.41) is 0. The van der Waals surface area contributed by atoms with Crippen LogP contribution >= 0.6 is 0 Å². The Labute approximate surface area is 160 Å². The van der Waals surface area contributed by atoms with E-state index in [0.717, 1.165) is 24.0 Å². The summed E-state index contributed by atoms with van der Waals surface area (Å²) >= 11 is 0. The van der Waals surface area contributed by atoms with Gasteiger partial charge in [-0.15, -0.1) is 0 Å². The van der Waals surface area contributed by atoms with Crippen molar-refractivity contribution in [1.29, 1.82) is 0 Å². The molecule has 3 nitrogen and oxygen atoms in total. The number of carbonyl (C=O) groups excluding carboxylic acids is 1. The van der Waals surface area contributed by atoms with Gasteiger partial charge in [-0.25, -0.2) is 0 Å². The predicted octanol–water partition coefficient (Wildman–Crippen LogP) is 4.47. The lowest BCUT2D eigenvalue weighted by Crippen LogP contribution is -2.35. The summed E-state index contributed by atoms with van der Waals surface area (Å²) < 4.78 is 5.83. The molecule has 27 heavy (non-hydrogen) atoms. The lowest BCUT2D eigenvalue weighted by molar-refractivity contribution is -0.151. The Bertz CT molecular complexity index is 819. The Morgan fingerprint density at radius 3 is 1.89 bits per heavy atom. The minimum absolute atomic E-state index is 0.305. The van der Waals surface area contributed by atoms with Gasteiger partial charge < -0.3 is 10.5 Å². The van der Waals surface area contributed by atoms with Crippen LogP contribution in [0.3, 0.4) is 0 Å². The summed E-state index contributed by atoms with van der Waals surface area (Å²) in [4.78, 5) is 12.6. The average Bonchev–Trinajstić information content (AvgIpc) is 2.73. The highest BCUT2D eigenvalue weighted by molar-refractivity contribution is 5.76. The Morgan fingerprint density at radius 2 is 1.30 bits per heavy atom. The number of esters is 1. The highest BCUT2D eigenvalue weighted by Gasteiger charge is 2.22. The van der Waals surface area contributed by atoms with Crippen LogP contribution < -0.4 is 5.73 Å². The minimum atomic E-state index is -0.671. The molecule has 3 rings (SSSR count). The van der Waals surface area contributed by atoms with Crippen LogP contribution in [0.4, 0.5) is 0 Å². The topological polar surface area (TPSA) is 52.3 Å². The van der Waals surface area contributed by atoms with Crippen molar-refractivity contribution in [2.75, 3.05) is 0 Å². The van der Waals surface area contributed by atoms with Crippen molar-refractivity contribution in [2.45, 2.75) is 31.4 Å². The minimum Gasteiger partial charge on any atom is -0.456 e. The molecular weight excluding hydrogens is 334 g/mol. The third-order valence-corrected chi connectivity index (χ3v) is 4.57. The molecule has 0 saturated heterocycles. The van der Waals surface area contributed by atoms with Gasteiger partial charge in [0.1, 0.15) is 12.1 Å². The highest BCUT2D eigenvalue weighted by atomic mass is 16.5. The average molecular weight is 359 g/mol. The fourth-order valence-corrected chi connectivity index (χ4v) is 3.08. The number of hydrogen-bond donors (Lipinski definition) is 1. The van der Waals surface area contributed by atoms with Crippen LogP contribution in [0.1, 0.15) is 29.2 Å². The van der Waals surface area contributed by atoms with Crippen molar-refractivity contribution >= 4 is 5.97 Å². The van der Waals surface area contributed by atoms with Crippen molar-refractivity contribution in [3.05, 3.63) is 108 Å². The molecule has 138 valence electrons. The van der Waals surface area contributed by atoms with Crippen LogP contribution in [0, 0.1) is 0 Å². The quantitative estimate of drug-likeness (QED) is 0.604. The van der Waals surface area contributed by atoms with Crippen molar-refractivity contribution in [2.24, 2.45) is 5.73 Å². The third-order valence-electron chi connectivity index (χ3n) is 4.57. The molecule has 0 aliphatic carbocycles. The Hall–Kier alpha value is -2.91. The van der Waals surface area contributed by atoms with Crippen LogP contribution in [-0.2, 0) is 22.4 Å². The van der Waals surface area contributed by atoms with E-state index in [1.165, 1.54) is 5.56 Å². The van der Waals surface area contributed by atoms with Gasteiger partial charge in [0.2, 0.25) is 0 Å². The summed E-state index contributed by atoms with van der Waals surface area (Å²) in [5.74, 6) is -0.360. The number of hydrogen-bond acceptors (Lipinski definition) is 3. The molecule has 0 spiro atoms. The highest BCUT2D eigenvalue weighted by Crippen LogP contribution is 2.24. The number of ether oxygens (including phenoxy) is 1. The molecule has 0 saturated carbocycles. The zero-order valence-electron chi connectivity index (χ0n) is 15.3. The SMILES string of the molecule is N[C@@H](Cc1ccccc1)C(=O)OC(CCc1ccccc1)c1ccccc1. The van der Waals surface area contributed by atoms with E-state index in [1.54, 1.807) is 0 Å². The molecule has 0 aliphatic heterocycles. The van der Waals surface area contributed by atoms with Gasteiger partial charge in [0.15, 0.2) is 0 Å². The fourth-order valence-electron chi connectivity index (χ4n) is 3.08. The molecule has 1 unspecified atom stereocenters. The Balaban J connectivity index is 1.66. The first kappa shape index (κ1) is 18.9. The van der Waals surface area contributed by atoms with Crippen molar-refractivity contribution < 1.29 is 9.53 Å². The van der Waals surface area contributed by atoms with Gasteiger partial charge in [0.05, 0.1) is 0 Å². The molecule has 0 amide bonds. The Morgan fingerprint density at radius 1 is 0.778 bits per heavy atom. The lowest BCUT2D eigenvalue weighted by atomic mass is 10.0. The maximum Gasteiger partial charge on any atom is 0.323 e. The van der Waals surface area contributed by atoms with Gasteiger partial charge >= 0.3 is 5.97 Å². The van der Waals surface area contributed by atoms with E-state index in [-0.39, 0.29) is 12.1 Å². The molecule has 2 N–H and O–H groups in total. The Kier molecular flexibility index (Phi) is 6.78. The second kappa shape index (κ2) is 9.70. The first-order valence-corrected chi connectivity index (χ1v) is 9.31. The monoisotopic (exact) mass is 359 g/mol. The predicted molar refractivity (Wildman–Crippen MR) is 108 cm³/mol. The molecule has 0 fully saturated rings. The second-order valence-corrected chi connectivity index (χ2v) is 6.66. The van der Waals surface area contributed by atoms with E-state index >= 15 is 0 Å². The molecule has 3 aromatic carbocycles. The number of rotatable bonds is 8. The van der Waals surface area contributed by atoms with Crippen LogP contribution in [0.15, 0.2) is 91.0 Å². The molecule has 0 heterocycles. The number of nitrogens with two attached hydrogens (primary N) is 1. The van der Waals surface area contributed by atoms with E-state index in [0.29, 0.717) is 6.42 Å². The van der Waals surface area contributed by atoms with Gasteiger partial charge in [0.25, 0.3) is 0 Å². The molecule has 0 aromatic heterocycles. The first-order chi connectivity index (χ1) is 13.2. The van der Waals surface area contributed by atoms with Crippen molar-refractivity contribution in [3.8, 4) is 0 Å². The van der Waals surface area contributed by atoms with Crippen LogP contribution in [0.2, 0.25) is 0 Å². The normalized spacial score (nSPS) is 12.9. The first-order valence-electron chi connectivity index (χ1n) is 9.31. The molecule has 2 atom stereocenters. The summed E-state index contributed by atoms with van der Waals surface area (Å²) in [6.45, 7) is 0. The van der Waals surface area contributed by atoms with Gasteiger partial charge in [-0.3, -0.25) is 4.79 Å². The molecule has 0 bridgehead atoms. The standard InChI is InChI=1S/C24H25NO2/c25-22(18-20-12-6-2-7-13-20)24(26)27-23(21-14-8-3-9-15-21)17-16-19-10-4-1-5-11-19/h1-15,22-23H,16-18,25H2/t22-,23?/m0/s1. The molecule has 0 radical (unpaired) electrons. The summed E-state index contributed by atoms with van der Waals surface area (Å²) in [5.41, 5.74) is 9.36. The number of carbonyl (C=O) groups is 1. The largest absolute Gasteiger partial charge is 0.456 e. The zero-order valence-corrected chi connectivity index (χ0v) is 15.3. The zero-order chi connectivity index (χ0) is 18.9. The summed E-state index contributed by atoms with van der Waals surface area (Å²) in [6, 6.07) is 29.2. The maximum atomic E-state index is 12.6. The van der Waals surface area contributed by atoms with E-state index in [9.17, 15) is 4.79 Å². The molecule has 0 aliphatic rings.